The molecule has 0 amide bonds. The molecule has 0 radical (unpaired) electrons. The maximum absolute atomic E-state index is 9.16. The fourth-order valence-electron chi connectivity index (χ4n) is 2.56. The molecule has 0 aliphatic carbocycles. The van der Waals surface area contributed by atoms with Crippen molar-refractivity contribution in [1.82, 2.24) is 0 Å². The van der Waals surface area contributed by atoms with Crippen molar-refractivity contribution in [3.05, 3.63) is 69.8 Å². The molecule has 108 valence electrons. The van der Waals surface area contributed by atoms with E-state index < -0.39 is 0 Å². The standard InChI is InChI=1S/C18H14N2S2/c19-7-13-1-15-5-16(2-13)10-22-12-18-4-14(8-20)3-17(6-18)11-21-9-15/h1-6H,9-12H2. The number of rotatable bonds is 0. The molecule has 0 N–H and O–H groups in total. The van der Waals surface area contributed by atoms with E-state index in [0.29, 0.717) is 0 Å². The van der Waals surface area contributed by atoms with Gasteiger partial charge in [0.05, 0.1) is 23.3 Å². The van der Waals surface area contributed by atoms with Gasteiger partial charge in [-0.15, -0.1) is 0 Å². The average molecular weight is 322 g/mol. The molecule has 4 heteroatoms. The Morgan fingerprint density at radius 2 is 0.909 bits per heavy atom. The maximum atomic E-state index is 9.16. The van der Waals surface area contributed by atoms with Crippen molar-refractivity contribution in [3.8, 4) is 12.1 Å². The molecule has 1 heterocycles. The van der Waals surface area contributed by atoms with Crippen molar-refractivity contribution >= 4 is 23.5 Å². The first kappa shape index (κ1) is 15.0. The molecule has 2 aromatic rings. The van der Waals surface area contributed by atoms with Gasteiger partial charge in [-0.05, 0) is 46.5 Å². The van der Waals surface area contributed by atoms with Gasteiger partial charge >= 0.3 is 0 Å². The lowest BCUT2D eigenvalue weighted by Crippen LogP contribution is -1.94. The van der Waals surface area contributed by atoms with Gasteiger partial charge in [0, 0.05) is 23.0 Å². The van der Waals surface area contributed by atoms with Crippen LogP contribution in [0.4, 0.5) is 0 Å². The summed E-state index contributed by atoms with van der Waals surface area (Å²) < 4.78 is 0. The van der Waals surface area contributed by atoms with E-state index in [1.54, 1.807) is 0 Å². The van der Waals surface area contributed by atoms with Gasteiger partial charge in [-0.3, -0.25) is 0 Å². The van der Waals surface area contributed by atoms with Crippen LogP contribution in [0.3, 0.4) is 0 Å². The van der Waals surface area contributed by atoms with E-state index in [9.17, 15) is 0 Å². The van der Waals surface area contributed by atoms with E-state index in [2.05, 4.69) is 24.3 Å². The number of nitriles is 2. The topological polar surface area (TPSA) is 47.6 Å². The summed E-state index contributed by atoms with van der Waals surface area (Å²) in [6.45, 7) is 0. The Labute approximate surface area is 139 Å². The first-order valence-electron chi connectivity index (χ1n) is 6.98. The van der Waals surface area contributed by atoms with Gasteiger partial charge in [0.2, 0.25) is 0 Å². The fraction of sp³-hybridized carbons (Fsp3) is 0.222. The molecule has 0 atom stereocenters. The molecule has 4 bridgehead atoms. The van der Waals surface area contributed by atoms with Crippen LogP contribution in [0.15, 0.2) is 36.4 Å². The van der Waals surface area contributed by atoms with Crippen LogP contribution < -0.4 is 0 Å². The number of fused-ring (bicyclic) bond motifs is 4. The van der Waals surface area contributed by atoms with Crippen molar-refractivity contribution < 1.29 is 0 Å². The summed E-state index contributed by atoms with van der Waals surface area (Å²) in [4.78, 5) is 0. The van der Waals surface area contributed by atoms with Crippen LogP contribution in [0.2, 0.25) is 0 Å². The lowest BCUT2D eigenvalue weighted by molar-refractivity contribution is 1.26. The molecule has 1 aliphatic heterocycles. The van der Waals surface area contributed by atoms with Crippen molar-refractivity contribution in [2.45, 2.75) is 23.0 Å². The minimum Gasteiger partial charge on any atom is -0.192 e. The lowest BCUT2D eigenvalue weighted by atomic mass is 10.1. The summed E-state index contributed by atoms with van der Waals surface area (Å²) >= 11 is 3.65. The summed E-state index contributed by atoms with van der Waals surface area (Å²) in [5, 5.41) is 18.3. The van der Waals surface area contributed by atoms with E-state index in [1.807, 2.05) is 47.8 Å². The van der Waals surface area contributed by atoms with Crippen LogP contribution >= 0.6 is 23.5 Å². The average Bonchev–Trinajstić information content (AvgIpc) is 2.53. The van der Waals surface area contributed by atoms with Crippen molar-refractivity contribution in [1.29, 1.82) is 10.5 Å². The van der Waals surface area contributed by atoms with Crippen LogP contribution in [0.5, 0.6) is 0 Å². The summed E-state index contributed by atoms with van der Waals surface area (Å²) in [7, 11) is 0. The van der Waals surface area contributed by atoms with Crippen LogP contribution in [0, 0.1) is 22.7 Å². The van der Waals surface area contributed by atoms with Gasteiger partial charge in [0.25, 0.3) is 0 Å². The van der Waals surface area contributed by atoms with E-state index >= 15 is 0 Å². The molecule has 0 aromatic heterocycles. The van der Waals surface area contributed by atoms with Gasteiger partial charge in [-0.2, -0.15) is 34.0 Å². The molecule has 0 unspecified atom stereocenters. The summed E-state index contributed by atoms with van der Waals surface area (Å²) in [5.74, 6) is 3.55. The molecule has 0 fully saturated rings. The van der Waals surface area contributed by atoms with E-state index in [4.69, 9.17) is 10.5 Å². The summed E-state index contributed by atoms with van der Waals surface area (Å²) in [6, 6.07) is 16.8. The second kappa shape index (κ2) is 6.92. The van der Waals surface area contributed by atoms with E-state index in [1.165, 1.54) is 22.3 Å². The van der Waals surface area contributed by atoms with Gasteiger partial charge in [-0.25, -0.2) is 0 Å². The minimum atomic E-state index is 0.746. The molecule has 0 saturated heterocycles. The second-order valence-corrected chi connectivity index (χ2v) is 7.26. The summed E-state index contributed by atoms with van der Waals surface area (Å²) in [5.41, 5.74) is 6.31. The monoisotopic (exact) mass is 322 g/mol. The first-order chi connectivity index (χ1) is 10.8. The minimum absolute atomic E-state index is 0.746. The summed E-state index contributed by atoms with van der Waals surface area (Å²) in [6.07, 6.45) is 0. The number of nitrogens with zero attached hydrogens (tertiary/aromatic N) is 2. The highest BCUT2D eigenvalue weighted by Crippen LogP contribution is 2.26. The maximum Gasteiger partial charge on any atom is 0.0991 e. The van der Waals surface area contributed by atoms with Crippen molar-refractivity contribution in [2.24, 2.45) is 0 Å². The SMILES string of the molecule is N#Cc1cc2cc(c1)CSCc1cc(C#N)cc(c1)CSC2. The zero-order chi connectivity index (χ0) is 15.4. The predicted molar refractivity (Wildman–Crippen MR) is 92.3 cm³/mol. The van der Waals surface area contributed by atoms with Crippen LogP contribution in [-0.4, -0.2) is 0 Å². The third-order valence-corrected chi connectivity index (χ3v) is 5.59. The smallest absolute Gasteiger partial charge is 0.0991 e. The predicted octanol–water partition coefficient (Wildman–Crippen LogP) is 4.61. The van der Waals surface area contributed by atoms with Crippen molar-refractivity contribution in [3.63, 3.8) is 0 Å². The Balaban J connectivity index is 1.90. The molecule has 0 spiro atoms. The Morgan fingerprint density at radius 3 is 1.18 bits per heavy atom. The van der Waals surface area contributed by atoms with Gasteiger partial charge in [0.15, 0.2) is 0 Å². The van der Waals surface area contributed by atoms with Crippen molar-refractivity contribution in [2.75, 3.05) is 0 Å². The van der Waals surface area contributed by atoms with Gasteiger partial charge in [-0.1, -0.05) is 12.1 Å². The molecular weight excluding hydrogens is 308 g/mol. The highest BCUT2D eigenvalue weighted by atomic mass is 32.2. The molecule has 3 rings (SSSR count). The second-order valence-electron chi connectivity index (χ2n) is 5.29. The molecule has 22 heavy (non-hydrogen) atoms. The Hall–Kier alpha value is -1.88. The van der Waals surface area contributed by atoms with Gasteiger partial charge in [0.1, 0.15) is 0 Å². The fourth-order valence-corrected chi connectivity index (χ4v) is 4.37. The third kappa shape index (κ3) is 3.65. The number of benzene rings is 2. The third-order valence-electron chi connectivity index (χ3n) is 3.44. The molecule has 0 saturated carbocycles. The van der Waals surface area contributed by atoms with Crippen LogP contribution in [-0.2, 0) is 23.0 Å². The Bertz CT molecular complexity index is 673. The molecule has 1 aliphatic rings. The number of thioether (sulfide) groups is 2. The molecule has 2 aromatic carbocycles. The van der Waals surface area contributed by atoms with Crippen LogP contribution in [0.1, 0.15) is 33.4 Å². The highest BCUT2D eigenvalue weighted by Gasteiger charge is 2.07. The largest absolute Gasteiger partial charge is 0.192 e. The lowest BCUT2D eigenvalue weighted by Gasteiger charge is -2.11. The number of hydrogen-bond donors (Lipinski definition) is 0. The number of hydrogen-bond acceptors (Lipinski definition) is 4. The normalized spacial score (nSPS) is 14.1. The van der Waals surface area contributed by atoms with E-state index in [-0.39, 0.29) is 0 Å². The zero-order valence-electron chi connectivity index (χ0n) is 12.0. The Morgan fingerprint density at radius 1 is 0.591 bits per heavy atom. The zero-order valence-corrected chi connectivity index (χ0v) is 13.6. The van der Waals surface area contributed by atoms with Gasteiger partial charge < -0.3 is 0 Å². The van der Waals surface area contributed by atoms with E-state index in [0.717, 1.165) is 34.1 Å². The highest BCUT2D eigenvalue weighted by molar-refractivity contribution is 7.98. The Kier molecular flexibility index (Phi) is 4.73. The molecular formula is C18H14N2S2. The first-order valence-corrected chi connectivity index (χ1v) is 9.29. The quantitative estimate of drug-likeness (QED) is 0.710. The molecule has 2 nitrogen and oxygen atoms in total. The van der Waals surface area contributed by atoms with Crippen LogP contribution in [0.25, 0.3) is 0 Å².